The van der Waals surface area contributed by atoms with Gasteiger partial charge in [0.1, 0.15) is 40.5 Å². The quantitative estimate of drug-likeness (QED) is 0.0496. The SMILES string of the molecule is CCn1nc(C)cc1C(=O)Nc1nc2cc(C(N)=O)cc(OC)c2n1C/C=C/Cn1c(NC)nc2cc(C(N)=O)cc(OC/C=C/Cn3cc(N)c(C(=O)O)n3)c21.CCn1nc(C)cc1C=O. The molecule has 0 aliphatic heterocycles. The molecule has 3 amide bonds. The lowest BCUT2D eigenvalue weighted by molar-refractivity contribution is 0.0689. The average Bonchev–Trinajstić information content (AvgIpc) is 4.13. The van der Waals surface area contributed by atoms with Gasteiger partial charge in [0, 0.05) is 50.6 Å². The molecular formula is C44H51N15O8. The van der Waals surface area contributed by atoms with E-state index in [-0.39, 0.29) is 54.7 Å². The summed E-state index contributed by atoms with van der Waals surface area (Å²) in [6.45, 7) is 9.56. The first-order valence-electron chi connectivity index (χ1n) is 20.8. The van der Waals surface area contributed by atoms with Crippen LogP contribution >= 0.6 is 0 Å². The number of carboxylic acids is 1. The third kappa shape index (κ3) is 10.6. The number of hydrogen-bond donors (Lipinski definition) is 6. The second-order valence-corrected chi connectivity index (χ2v) is 14.8. The Morgan fingerprint density at radius 3 is 1.88 bits per heavy atom. The fourth-order valence-electron chi connectivity index (χ4n) is 7.15. The van der Waals surface area contributed by atoms with Crippen molar-refractivity contribution >= 4 is 69.6 Å². The number of aldehydes is 1. The number of imidazole rings is 2. The molecule has 0 saturated carbocycles. The summed E-state index contributed by atoms with van der Waals surface area (Å²) in [6.07, 6.45) is 9.43. The van der Waals surface area contributed by atoms with E-state index in [1.807, 2.05) is 37.5 Å². The predicted molar refractivity (Wildman–Crippen MR) is 249 cm³/mol. The molecule has 7 aromatic rings. The molecule has 0 fully saturated rings. The number of aromatic carboxylic acids is 1. The van der Waals surface area contributed by atoms with E-state index >= 15 is 0 Å². The Morgan fingerprint density at radius 1 is 0.761 bits per heavy atom. The summed E-state index contributed by atoms with van der Waals surface area (Å²) in [5, 5.41) is 27.6. The molecule has 2 aromatic carbocycles. The Balaban J connectivity index is 0.000000656. The summed E-state index contributed by atoms with van der Waals surface area (Å²) in [7, 11) is 3.17. The van der Waals surface area contributed by atoms with E-state index < -0.39 is 23.7 Å². The van der Waals surface area contributed by atoms with E-state index in [2.05, 4.69) is 35.9 Å². The van der Waals surface area contributed by atoms with Crippen LogP contribution < -0.4 is 37.3 Å². The number of carboxylic acid groups (broad SMARTS) is 1. The molecule has 0 aliphatic carbocycles. The molecule has 5 aromatic heterocycles. The molecule has 23 nitrogen and oxygen atoms in total. The maximum absolute atomic E-state index is 13.5. The van der Waals surface area contributed by atoms with Gasteiger partial charge in [0.25, 0.3) is 5.91 Å². The third-order valence-electron chi connectivity index (χ3n) is 10.2. The lowest BCUT2D eigenvalue weighted by atomic mass is 10.1. The number of nitrogen functional groups attached to an aromatic ring is 1. The molecule has 5 heterocycles. The molecule has 0 radical (unpaired) electrons. The molecule has 0 unspecified atom stereocenters. The lowest BCUT2D eigenvalue weighted by Gasteiger charge is -2.12. The summed E-state index contributed by atoms with van der Waals surface area (Å²) in [6, 6.07) is 9.63. The molecule has 0 spiro atoms. The van der Waals surface area contributed by atoms with E-state index in [0.29, 0.717) is 63.1 Å². The van der Waals surface area contributed by atoms with Crippen molar-refractivity contribution in [2.45, 2.75) is 60.4 Å². The second kappa shape index (κ2) is 20.8. The molecule has 0 bridgehead atoms. The number of carbonyl (C=O) groups excluding carboxylic acids is 4. The van der Waals surface area contributed by atoms with Crippen LogP contribution in [-0.4, -0.2) is 104 Å². The number of fused-ring (bicyclic) bond motifs is 2. The smallest absolute Gasteiger partial charge is 0.358 e. The van der Waals surface area contributed by atoms with Crippen LogP contribution in [0.3, 0.4) is 0 Å². The number of nitrogens with zero attached hydrogens (tertiary/aromatic N) is 10. The van der Waals surface area contributed by atoms with Gasteiger partial charge in [0.15, 0.2) is 12.0 Å². The molecular weight excluding hydrogens is 867 g/mol. The first-order valence-corrected chi connectivity index (χ1v) is 20.8. The van der Waals surface area contributed by atoms with Crippen LogP contribution in [0.15, 0.2) is 66.9 Å². The first kappa shape index (κ1) is 47.7. The van der Waals surface area contributed by atoms with Gasteiger partial charge >= 0.3 is 5.97 Å². The molecule has 7 rings (SSSR count). The number of nitrogens with one attached hydrogen (secondary N) is 2. The molecule has 23 heteroatoms. The number of allylic oxidation sites excluding steroid dienone is 3. The van der Waals surface area contributed by atoms with Crippen molar-refractivity contribution in [2.75, 3.05) is 37.1 Å². The standard InChI is InChI=1S/C37H41N13O7.C7H10N2O/c1-5-50-26(14-20(2)45-50)34(53)44-37-43-24-15-21(32(39)51)17-27(56-4)30(24)49(37)12-7-6-11-48-31-25(42-36(48)41-3)16-22(33(40)52)18-28(31)57-13-9-8-10-47-19-23(38)29(46-47)35(54)55;1-3-9-7(5-10)4-6(2)8-9/h6-9,14-19H,5,10-13,38H2,1-4H3,(H2,39,51)(H2,40,52)(H,41,42)(H,54,55)(H,43,44,53);4-5H,3H2,1-2H3/b7-6+,9-8+;. The topological polar surface area (TPSA) is 315 Å². The number of carbonyl (C=O) groups is 5. The summed E-state index contributed by atoms with van der Waals surface area (Å²) in [5.74, 6) is -1.62. The van der Waals surface area contributed by atoms with E-state index in [0.717, 1.165) is 18.5 Å². The van der Waals surface area contributed by atoms with Gasteiger partial charge in [-0.3, -0.25) is 38.5 Å². The summed E-state index contributed by atoms with van der Waals surface area (Å²) < 4.78 is 20.0. The van der Waals surface area contributed by atoms with Crippen molar-refractivity contribution in [1.29, 1.82) is 0 Å². The summed E-state index contributed by atoms with van der Waals surface area (Å²) in [5.41, 5.74) is 21.7. The highest BCUT2D eigenvalue weighted by molar-refractivity contribution is 6.04. The molecule has 0 aliphatic rings. The number of benzene rings is 2. The van der Waals surface area contributed by atoms with Gasteiger partial charge in [-0.15, -0.1) is 0 Å². The van der Waals surface area contributed by atoms with E-state index in [9.17, 15) is 29.1 Å². The number of hydrogen-bond acceptors (Lipinski definition) is 14. The Hall–Kier alpha value is -8.76. The maximum Gasteiger partial charge on any atom is 0.358 e. The number of aromatic nitrogens is 10. The highest BCUT2D eigenvalue weighted by atomic mass is 16.5. The van der Waals surface area contributed by atoms with Gasteiger partial charge in [-0.05, 0) is 70.2 Å². The van der Waals surface area contributed by atoms with Gasteiger partial charge in [-0.1, -0.05) is 18.2 Å². The Bertz CT molecular complexity index is 3060. The molecule has 67 heavy (non-hydrogen) atoms. The van der Waals surface area contributed by atoms with Gasteiger partial charge in [-0.25, -0.2) is 14.8 Å². The fraction of sp³-hybridized carbons (Fsp3) is 0.273. The summed E-state index contributed by atoms with van der Waals surface area (Å²) in [4.78, 5) is 68.8. The number of nitrogens with two attached hydrogens (primary N) is 3. The Morgan fingerprint density at radius 2 is 1.33 bits per heavy atom. The van der Waals surface area contributed by atoms with Crippen LogP contribution in [0.1, 0.15) is 77.4 Å². The van der Waals surface area contributed by atoms with Crippen molar-refractivity contribution in [1.82, 2.24) is 48.4 Å². The van der Waals surface area contributed by atoms with Crippen molar-refractivity contribution in [2.24, 2.45) is 11.5 Å². The third-order valence-corrected chi connectivity index (χ3v) is 10.2. The van der Waals surface area contributed by atoms with Crippen LogP contribution in [0.5, 0.6) is 11.5 Å². The zero-order valence-corrected chi connectivity index (χ0v) is 37.7. The molecule has 350 valence electrons. The van der Waals surface area contributed by atoms with Crippen molar-refractivity contribution in [3.63, 3.8) is 0 Å². The zero-order valence-electron chi connectivity index (χ0n) is 37.7. The molecule has 0 saturated heterocycles. The monoisotopic (exact) mass is 917 g/mol. The normalized spacial score (nSPS) is 11.3. The van der Waals surface area contributed by atoms with Gasteiger partial charge < -0.3 is 46.2 Å². The molecule has 9 N–H and O–H groups in total. The number of rotatable bonds is 19. The van der Waals surface area contributed by atoms with Gasteiger partial charge in [0.2, 0.25) is 23.7 Å². The minimum Gasteiger partial charge on any atom is -0.494 e. The van der Waals surface area contributed by atoms with Gasteiger partial charge in [-0.2, -0.15) is 15.3 Å². The predicted octanol–water partition coefficient (Wildman–Crippen LogP) is 3.80. The minimum absolute atomic E-state index is 0.0517. The van der Waals surface area contributed by atoms with E-state index in [1.54, 1.807) is 64.3 Å². The van der Waals surface area contributed by atoms with Gasteiger partial charge in [0.05, 0.1) is 41.8 Å². The van der Waals surface area contributed by atoms with E-state index in [1.165, 1.54) is 30.1 Å². The average molecular weight is 918 g/mol. The first-order chi connectivity index (χ1) is 32.1. The zero-order chi connectivity index (χ0) is 48.5. The van der Waals surface area contributed by atoms with Crippen LogP contribution in [0.25, 0.3) is 22.1 Å². The minimum atomic E-state index is -1.22. The Kier molecular flexibility index (Phi) is 14.8. The number of aryl methyl sites for hydroxylation is 4. The number of methoxy groups -OCH3 is 1. The largest absolute Gasteiger partial charge is 0.494 e. The van der Waals surface area contributed by atoms with Crippen LogP contribution in [0.4, 0.5) is 17.6 Å². The van der Waals surface area contributed by atoms with Crippen molar-refractivity contribution < 1.29 is 38.6 Å². The number of amides is 3. The van der Waals surface area contributed by atoms with Crippen LogP contribution in [-0.2, 0) is 32.7 Å². The van der Waals surface area contributed by atoms with Crippen LogP contribution in [0.2, 0.25) is 0 Å². The number of anilines is 3. The number of ether oxygens (including phenoxy) is 2. The summed E-state index contributed by atoms with van der Waals surface area (Å²) >= 11 is 0. The second-order valence-electron chi connectivity index (χ2n) is 14.8. The highest BCUT2D eigenvalue weighted by Gasteiger charge is 2.22. The lowest BCUT2D eigenvalue weighted by Crippen LogP contribution is -2.20. The van der Waals surface area contributed by atoms with Crippen LogP contribution in [0, 0.1) is 13.8 Å². The Labute approximate surface area is 382 Å². The maximum atomic E-state index is 13.5. The van der Waals surface area contributed by atoms with Crippen molar-refractivity contribution in [3.05, 3.63) is 106 Å². The van der Waals surface area contributed by atoms with Crippen molar-refractivity contribution in [3.8, 4) is 11.5 Å². The fourth-order valence-corrected chi connectivity index (χ4v) is 7.15. The highest BCUT2D eigenvalue weighted by Crippen LogP contribution is 2.33. The van der Waals surface area contributed by atoms with E-state index in [4.69, 9.17) is 26.7 Å². The molecule has 0 atom stereocenters. The number of primary amides is 2.